The fourth-order valence-electron chi connectivity index (χ4n) is 4.33. The van der Waals surface area contributed by atoms with Gasteiger partial charge < -0.3 is 0 Å². The molecule has 6 nitrogen and oxygen atoms in total. The Morgan fingerprint density at radius 1 is 1.19 bits per heavy atom. The smallest absolute Gasteiger partial charge is 0.271 e. The van der Waals surface area contributed by atoms with E-state index in [4.69, 9.17) is 11.6 Å². The summed E-state index contributed by atoms with van der Waals surface area (Å²) in [4.78, 5) is 12.5. The number of para-hydroxylation sites is 1. The molecule has 0 radical (unpaired) electrons. The summed E-state index contributed by atoms with van der Waals surface area (Å²) in [6.45, 7) is 4.54. The molecule has 0 heterocycles. The fraction of sp³-hybridized carbons (Fsp3) is 0.304. The number of halogens is 1. The topological polar surface area (TPSA) is 87.6 Å². The third-order valence-corrected chi connectivity index (χ3v) is 8.11. The van der Waals surface area contributed by atoms with E-state index < -0.39 is 15.9 Å². The Hall–Kier alpha value is -2.64. The quantitative estimate of drug-likeness (QED) is 0.480. The van der Waals surface area contributed by atoms with Gasteiger partial charge in [-0.1, -0.05) is 49.7 Å². The first-order valence-corrected chi connectivity index (χ1v) is 12.0. The number of anilines is 1. The number of hydrogen-bond acceptors (Lipinski definition) is 4. The predicted octanol–water partition coefficient (Wildman–Crippen LogP) is 4.85. The van der Waals surface area contributed by atoms with Gasteiger partial charge in [0, 0.05) is 5.56 Å². The van der Waals surface area contributed by atoms with Crippen LogP contribution < -0.4 is 10.1 Å². The average Bonchev–Trinajstić information content (AvgIpc) is 2.75. The molecule has 0 aliphatic heterocycles. The molecule has 5 rings (SSSR count). The van der Waals surface area contributed by atoms with Crippen molar-refractivity contribution >= 4 is 39.4 Å². The third kappa shape index (κ3) is 4.25. The highest BCUT2D eigenvalue weighted by atomic mass is 35.5. The van der Waals surface area contributed by atoms with Crippen molar-refractivity contribution < 1.29 is 13.2 Å². The van der Waals surface area contributed by atoms with Gasteiger partial charge in [0.2, 0.25) is 0 Å². The van der Waals surface area contributed by atoms with Crippen LogP contribution in [0.15, 0.2) is 70.2 Å². The molecule has 0 aromatic heterocycles. The lowest BCUT2D eigenvalue weighted by Gasteiger charge is -2.55. The number of hydrogen-bond donors (Lipinski definition) is 2. The van der Waals surface area contributed by atoms with Crippen LogP contribution >= 0.6 is 11.6 Å². The first kappa shape index (κ1) is 21.6. The molecule has 3 aliphatic rings. The lowest BCUT2D eigenvalue weighted by molar-refractivity contribution is -0.00126. The molecular formula is C23H24ClN3O3S. The molecule has 3 aliphatic carbocycles. The Morgan fingerprint density at radius 2 is 1.97 bits per heavy atom. The second-order valence-corrected chi connectivity index (χ2v) is 10.6. The summed E-state index contributed by atoms with van der Waals surface area (Å²) in [5, 5.41) is 4.39. The van der Waals surface area contributed by atoms with Crippen molar-refractivity contribution in [3.8, 4) is 0 Å². The van der Waals surface area contributed by atoms with E-state index >= 15 is 0 Å². The van der Waals surface area contributed by atoms with Crippen LogP contribution in [-0.4, -0.2) is 20.5 Å². The number of rotatable bonds is 6. The van der Waals surface area contributed by atoms with Gasteiger partial charge in [0.1, 0.15) is 0 Å². The Morgan fingerprint density at radius 3 is 2.68 bits per heavy atom. The van der Waals surface area contributed by atoms with Gasteiger partial charge in [-0.25, -0.2) is 13.8 Å². The number of carbonyl (C=O) groups is 1. The largest absolute Gasteiger partial charge is 0.278 e. The zero-order valence-electron chi connectivity index (χ0n) is 17.3. The summed E-state index contributed by atoms with van der Waals surface area (Å²) in [6, 6.07) is 12.3. The standard InChI is InChI=1S/C23H24ClN3O3S/c1-23(2)17-11-10-16(19(23)13-17)14-25-26-22(28)15-6-5-7-18(12-15)31(29,30)27-21-9-4-3-8-20(21)24/h3-10,12,14,17,19,27H,11,13H2,1-2H3,(H,26,28). The lowest BCUT2D eigenvalue weighted by atomic mass is 9.49. The molecule has 1 fully saturated rings. The van der Waals surface area contributed by atoms with Crippen molar-refractivity contribution in [2.75, 3.05) is 4.72 Å². The number of sulfonamides is 1. The summed E-state index contributed by atoms with van der Waals surface area (Å²) in [7, 11) is -3.91. The van der Waals surface area contributed by atoms with E-state index in [0.717, 1.165) is 24.3 Å². The molecule has 8 heteroatoms. The second kappa shape index (κ2) is 8.13. The van der Waals surface area contributed by atoms with E-state index in [1.807, 2.05) is 0 Å². The van der Waals surface area contributed by atoms with Gasteiger partial charge in [0.25, 0.3) is 15.9 Å². The van der Waals surface area contributed by atoms with Gasteiger partial charge >= 0.3 is 0 Å². The zero-order chi connectivity index (χ0) is 22.2. The summed E-state index contributed by atoms with van der Waals surface area (Å²) < 4.78 is 27.9. The van der Waals surface area contributed by atoms with Gasteiger partial charge in [-0.05, 0) is 66.0 Å². The van der Waals surface area contributed by atoms with Crippen LogP contribution in [0.3, 0.4) is 0 Å². The van der Waals surface area contributed by atoms with E-state index in [1.54, 1.807) is 36.5 Å². The minimum atomic E-state index is -3.91. The molecule has 0 saturated heterocycles. The van der Waals surface area contributed by atoms with E-state index in [0.29, 0.717) is 5.92 Å². The molecule has 0 spiro atoms. The highest BCUT2D eigenvalue weighted by molar-refractivity contribution is 7.92. The van der Waals surface area contributed by atoms with E-state index in [2.05, 4.69) is 35.2 Å². The molecule has 2 aromatic carbocycles. The zero-order valence-corrected chi connectivity index (χ0v) is 18.9. The van der Waals surface area contributed by atoms with Crippen molar-refractivity contribution in [3.63, 3.8) is 0 Å². The van der Waals surface area contributed by atoms with Crippen molar-refractivity contribution in [1.82, 2.24) is 5.43 Å². The first-order valence-electron chi connectivity index (χ1n) is 10.1. The van der Waals surface area contributed by atoms with Crippen LogP contribution in [0.2, 0.25) is 5.02 Å². The molecule has 2 bridgehead atoms. The number of nitrogens with one attached hydrogen (secondary N) is 2. The minimum Gasteiger partial charge on any atom is -0.278 e. The first-order chi connectivity index (χ1) is 14.7. The van der Waals surface area contributed by atoms with E-state index in [1.165, 1.54) is 18.2 Å². The SMILES string of the molecule is CC1(C)C2CC=C(C=NNC(=O)c3cccc(S(=O)(=O)Nc4ccccc4Cl)c3)C1C2. The van der Waals surface area contributed by atoms with Crippen molar-refractivity contribution in [3.05, 3.63) is 70.8 Å². The lowest BCUT2D eigenvalue weighted by Crippen LogP contribution is -2.48. The van der Waals surface area contributed by atoms with Crippen LogP contribution in [-0.2, 0) is 10.0 Å². The van der Waals surface area contributed by atoms with Crippen LogP contribution in [0.5, 0.6) is 0 Å². The molecule has 31 heavy (non-hydrogen) atoms. The number of carbonyl (C=O) groups excluding carboxylic acids is 1. The Bertz CT molecular complexity index is 1190. The van der Waals surface area contributed by atoms with E-state index in [-0.39, 0.29) is 26.6 Å². The molecule has 2 aromatic rings. The molecule has 162 valence electrons. The Labute approximate surface area is 187 Å². The molecule has 1 amide bonds. The maximum Gasteiger partial charge on any atom is 0.271 e. The van der Waals surface area contributed by atoms with Crippen LogP contribution in [0.4, 0.5) is 5.69 Å². The van der Waals surface area contributed by atoms with E-state index in [9.17, 15) is 13.2 Å². The second-order valence-electron chi connectivity index (χ2n) is 8.56. The van der Waals surface area contributed by atoms with Crippen molar-refractivity contribution in [2.45, 2.75) is 31.6 Å². The maximum absolute atomic E-state index is 12.7. The molecule has 2 unspecified atom stereocenters. The monoisotopic (exact) mass is 457 g/mol. The molecule has 2 atom stereocenters. The number of hydrazone groups is 1. The van der Waals surface area contributed by atoms with Gasteiger partial charge in [-0.3, -0.25) is 9.52 Å². The third-order valence-electron chi connectivity index (χ3n) is 6.42. The Balaban J connectivity index is 1.45. The number of allylic oxidation sites excluding steroid dienone is 2. The minimum absolute atomic E-state index is 0.0405. The van der Waals surface area contributed by atoms with Gasteiger partial charge in [0.05, 0.1) is 21.8 Å². The normalized spacial score (nSPS) is 21.8. The van der Waals surface area contributed by atoms with Crippen LogP contribution in [0.25, 0.3) is 0 Å². The average molecular weight is 458 g/mol. The number of benzene rings is 2. The highest BCUT2D eigenvalue weighted by Gasteiger charge is 2.50. The summed E-state index contributed by atoms with van der Waals surface area (Å²) in [5.41, 5.74) is 4.39. The molecular weight excluding hydrogens is 434 g/mol. The number of fused-ring (bicyclic) bond motifs is 1. The molecule has 2 N–H and O–H groups in total. The summed E-state index contributed by atoms with van der Waals surface area (Å²) >= 11 is 6.04. The van der Waals surface area contributed by atoms with Gasteiger partial charge in [-0.2, -0.15) is 5.10 Å². The number of amides is 1. The maximum atomic E-state index is 12.7. The molecule has 1 saturated carbocycles. The van der Waals surface area contributed by atoms with Crippen molar-refractivity contribution in [1.29, 1.82) is 0 Å². The predicted molar refractivity (Wildman–Crippen MR) is 123 cm³/mol. The summed E-state index contributed by atoms with van der Waals surface area (Å²) in [5.74, 6) is 0.720. The van der Waals surface area contributed by atoms with Crippen molar-refractivity contribution in [2.24, 2.45) is 22.4 Å². The van der Waals surface area contributed by atoms with Gasteiger partial charge in [-0.15, -0.1) is 0 Å². The Kier molecular flexibility index (Phi) is 5.66. The summed E-state index contributed by atoms with van der Waals surface area (Å²) in [6.07, 6.45) is 6.10. The highest BCUT2D eigenvalue weighted by Crippen LogP contribution is 2.58. The van der Waals surface area contributed by atoms with Crippen LogP contribution in [0.1, 0.15) is 37.0 Å². The number of nitrogens with zero attached hydrogens (tertiary/aromatic N) is 1. The fourth-order valence-corrected chi connectivity index (χ4v) is 5.69. The van der Waals surface area contributed by atoms with Crippen LogP contribution in [0, 0.1) is 17.3 Å². The van der Waals surface area contributed by atoms with Gasteiger partial charge in [0.15, 0.2) is 0 Å².